The van der Waals surface area contributed by atoms with E-state index < -0.39 is 0 Å². The Kier molecular flexibility index (Phi) is 4.61. The van der Waals surface area contributed by atoms with E-state index in [1.165, 1.54) is 20.0 Å². The number of nitrogens with zero attached hydrogens (tertiary/aromatic N) is 1. The Morgan fingerprint density at radius 3 is 2.95 bits per heavy atom. The molecule has 1 aromatic heterocycles. The SMILES string of the molecule is COC(=O)c1ccc(CNCC(C)N(C)C2CC2)[nH]1. The van der Waals surface area contributed by atoms with E-state index in [0.717, 1.165) is 24.8 Å². The van der Waals surface area contributed by atoms with Gasteiger partial charge in [0.1, 0.15) is 5.69 Å². The van der Waals surface area contributed by atoms with Crippen LogP contribution in [0.5, 0.6) is 0 Å². The first-order valence-corrected chi connectivity index (χ1v) is 6.80. The lowest BCUT2D eigenvalue weighted by Crippen LogP contribution is -2.38. The summed E-state index contributed by atoms with van der Waals surface area (Å²) in [5.41, 5.74) is 1.50. The Hall–Kier alpha value is -1.33. The van der Waals surface area contributed by atoms with Crippen molar-refractivity contribution < 1.29 is 9.53 Å². The van der Waals surface area contributed by atoms with Gasteiger partial charge in [0, 0.05) is 30.9 Å². The third-order valence-corrected chi connectivity index (χ3v) is 3.73. The molecule has 1 atom stereocenters. The highest BCUT2D eigenvalue weighted by atomic mass is 16.5. The predicted octanol–water partition coefficient (Wildman–Crippen LogP) is 1.37. The summed E-state index contributed by atoms with van der Waals surface area (Å²) in [7, 11) is 3.57. The van der Waals surface area contributed by atoms with Crippen molar-refractivity contribution >= 4 is 5.97 Å². The second-order valence-electron chi connectivity index (χ2n) is 5.27. The van der Waals surface area contributed by atoms with Gasteiger partial charge < -0.3 is 15.0 Å². The van der Waals surface area contributed by atoms with E-state index in [-0.39, 0.29) is 5.97 Å². The maximum atomic E-state index is 11.3. The summed E-state index contributed by atoms with van der Waals surface area (Å²) in [4.78, 5) is 16.8. The van der Waals surface area contributed by atoms with Gasteiger partial charge in [0.2, 0.25) is 0 Å². The van der Waals surface area contributed by atoms with Gasteiger partial charge in [-0.05, 0) is 38.9 Å². The molecule has 0 aromatic carbocycles. The topological polar surface area (TPSA) is 57.4 Å². The van der Waals surface area contributed by atoms with Crippen LogP contribution < -0.4 is 5.32 Å². The molecule has 19 heavy (non-hydrogen) atoms. The molecule has 1 aliphatic rings. The standard InChI is InChI=1S/C14H23N3O2/c1-10(17(2)12-5-6-12)8-15-9-11-4-7-13(16-11)14(18)19-3/h4,7,10,12,15-16H,5-6,8-9H2,1-3H3. The Labute approximate surface area is 114 Å². The van der Waals surface area contributed by atoms with Gasteiger partial charge in [-0.1, -0.05) is 0 Å². The highest BCUT2D eigenvalue weighted by Crippen LogP contribution is 2.26. The zero-order valence-electron chi connectivity index (χ0n) is 11.9. The minimum Gasteiger partial charge on any atom is -0.464 e. The fourth-order valence-electron chi connectivity index (χ4n) is 2.17. The van der Waals surface area contributed by atoms with Crippen LogP contribution in [0.3, 0.4) is 0 Å². The summed E-state index contributed by atoms with van der Waals surface area (Å²) in [6.45, 7) is 3.92. The Morgan fingerprint density at radius 1 is 1.58 bits per heavy atom. The van der Waals surface area contributed by atoms with Crippen molar-refractivity contribution in [1.82, 2.24) is 15.2 Å². The van der Waals surface area contributed by atoms with E-state index in [1.54, 1.807) is 6.07 Å². The number of aromatic nitrogens is 1. The second kappa shape index (κ2) is 6.21. The number of rotatable bonds is 7. The van der Waals surface area contributed by atoms with E-state index in [9.17, 15) is 4.79 Å². The van der Waals surface area contributed by atoms with Crippen LogP contribution in [-0.2, 0) is 11.3 Å². The molecule has 0 aliphatic heterocycles. The molecule has 1 saturated carbocycles. The third kappa shape index (κ3) is 3.81. The Morgan fingerprint density at radius 2 is 2.32 bits per heavy atom. The highest BCUT2D eigenvalue weighted by Gasteiger charge is 2.28. The zero-order chi connectivity index (χ0) is 13.8. The summed E-state index contributed by atoms with van der Waals surface area (Å²) in [6, 6.07) is 4.98. The van der Waals surface area contributed by atoms with Crippen molar-refractivity contribution in [2.75, 3.05) is 20.7 Å². The van der Waals surface area contributed by atoms with Crippen molar-refractivity contribution in [3.05, 3.63) is 23.5 Å². The van der Waals surface area contributed by atoms with Crippen molar-refractivity contribution in [3.63, 3.8) is 0 Å². The summed E-state index contributed by atoms with van der Waals surface area (Å²) in [5.74, 6) is -0.326. The van der Waals surface area contributed by atoms with Crippen molar-refractivity contribution in [2.45, 2.75) is 38.4 Å². The van der Waals surface area contributed by atoms with E-state index in [4.69, 9.17) is 0 Å². The fraction of sp³-hybridized carbons (Fsp3) is 0.643. The Bertz CT molecular complexity index is 426. The molecule has 1 aliphatic carbocycles. The van der Waals surface area contributed by atoms with Crippen LogP contribution in [0.2, 0.25) is 0 Å². The van der Waals surface area contributed by atoms with Gasteiger partial charge >= 0.3 is 5.97 Å². The summed E-state index contributed by atoms with van der Waals surface area (Å²) in [6.07, 6.45) is 2.67. The lowest BCUT2D eigenvalue weighted by Gasteiger charge is -2.24. The maximum absolute atomic E-state index is 11.3. The largest absolute Gasteiger partial charge is 0.464 e. The average molecular weight is 265 g/mol. The molecule has 0 bridgehead atoms. The molecule has 0 amide bonds. The fourth-order valence-corrected chi connectivity index (χ4v) is 2.17. The van der Waals surface area contributed by atoms with Crippen LogP contribution in [0, 0.1) is 0 Å². The van der Waals surface area contributed by atoms with Crippen LogP contribution in [0.15, 0.2) is 12.1 Å². The highest BCUT2D eigenvalue weighted by molar-refractivity contribution is 5.87. The molecule has 1 heterocycles. The maximum Gasteiger partial charge on any atom is 0.354 e. The molecule has 5 heteroatoms. The van der Waals surface area contributed by atoms with Gasteiger partial charge in [-0.25, -0.2) is 4.79 Å². The van der Waals surface area contributed by atoms with Gasteiger partial charge in [-0.3, -0.25) is 4.90 Å². The minimum absolute atomic E-state index is 0.326. The number of carbonyl (C=O) groups is 1. The van der Waals surface area contributed by atoms with E-state index in [1.807, 2.05) is 6.07 Å². The third-order valence-electron chi connectivity index (χ3n) is 3.73. The summed E-state index contributed by atoms with van der Waals surface area (Å²) >= 11 is 0. The van der Waals surface area contributed by atoms with Gasteiger partial charge in [-0.15, -0.1) is 0 Å². The monoisotopic (exact) mass is 265 g/mol. The van der Waals surface area contributed by atoms with Gasteiger partial charge in [0.15, 0.2) is 0 Å². The smallest absolute Gasteiger partial charge is 0.354 e. The Balaban J connectivity index is 1.73. The first kappa shape index (κ1) is 14.1. The molecule has 1 aromatic rings. The lowest BCUT2D eigenvalue weighted by atomic mass is 10.3. The lowest BCUT2D eigenvalue weighted by molar-refractivity contribution is 0.0594. The van der Waals surface area contributed by atoms with Crippen LogP contribution in [0.4, 0.5) is 0 Å². The number of likely N-dealkylation sites (N-methyl/N-ethyl adjacent to an activating group) is 1. The van der Waals surface area contributed by atoms with Gasteiger partial charge in [0.25, 0.3) is 0 Å². The molecule has 5 nitrogen and oxygen atoms in total. The molecule has 0 radical (unpaired) electrons. The van der Waals surface area contributed by atoms with Crippen molar-refractivity contribution in [1.29, 1.82) is 0 Å². The van der Waals surface area contributed by atoms with Crippen molar-refractivity contribution in [2.24, 2.45) is 0 Å². The number of hydrogen-bond donors (Lipinski definition) is 2. The molecule has 1 fully saturated rings. The van der Waals surface area contributed by atoms with Crippen LogP contribution in [-0.4, -0.2) is 48.6 Å². The van der Waals surface area contributed by atoms with Crippen molar-refractivity contribution in [3.8, 4) is 0 Å². The predicted molar refractivity (Wildman–Crippen MR) is 74.1 cm³/mol. The number of carbonyl (C=O) groups excluding carboxylic acids is 1. The molecule has 2 N–H and O–H groups in total. The number of methoxy groups -OCH3 is 1. The zero-order valence-corrected chi connectivity index (χ0v) is 11.9. The van der Waals surface area contributed by atoms with E-state index in [0.29, 0.717) is 11.7 Å². The first-order valence-electron chi connectivity index (χ1n) is 6.80. The number of H-pyrrole nitrogens is 1. The van der Waals surface area contributed by atoms with Gasteiger partial charge in [0.05, 0.1) is 7.11 Å². The van der Waals surface area contributed by atoms with Gasteiger partial charge in [-0.2, -0.15) is 0 Å². The van der Waals surface area contributed by atoms with Crippen LogP contribution >= 0.6 is 0 Å². The molecule has 2 rings (SSSR count). The quantitative estimate of drug-likeness (QED) is 0.731. The molecule has 1 unspecified atom stereocenters. The summed E-state index contributed by atoms with van der Waals surface area (Å²) < 4.78 is 4.66. The normalized spacial score (nSPS) is 16.6. The van der Waals surface area contributed by atoms with E-state index in [2.05, 4.69) is 33.9 Å². The van der Waals surface area contributed by atoms with Crippen LogP contribution in [0.25, 0.3) is 0 Å². The molecular formula is C14H23N3O2. The molecule has 0 saturated heterocycles. The molecule has 106 valence electrons. The van der Waals surface area contributed by atoms with E-state index >= 15 is 0 Å². The number of nitrogens with one attached hydrogen (secondary N) is 2. The number of esters is 1. The molecule has 0 spiro atoms. The number of hydrogen-bond acceptors (Lipinski definition) is 4. The second-order valence-corrected chi connectivity index (χ2v) is 5.27. The number of aromatic amines is 1. The minimum atomic E-state index is -0.326. The molecular weight excluding hydrogens is 242 g/mol. The summed E-state index contributed by atoms with van der Waals surface area (Å²) in [5, 5.41) is 3.41. The average Bonchev–Trinajstić information content (AvgIpc) is 3.16. The van der Waals surface area contributed by atoms with Crippen LogP contribution in [0.1, 0.15) is 35.9 Å². The first-order chi connectivity index (χ1) is 9.11. The number of ether oxygens (including phenoxy) is 1.